The highest BCUT2D eigenvalue weighted by Crippen LogP contribution is 2.41. The smallest absolute Gasteiger partial charge is 0.378 e. The van der Waals surface area contributed by atoms with Gasteiger partial charge in [-0.15, -0.1) is 13.0 Å². The van der Waals surface area contributed by atoms with Crippen molar-refractivity contribution in [3.8, 4) is 12.3 Å². The number of halogens is 2. The average Bonchev–Trinajstić information content (AvgIpc) is 2.23. The Hall–Kier alpha value is -0.530. The normalized spacial score (nSPS) is 12.4. The van der Waals surface area contributed by atoms with Crippen LogP contribution in [0.2, 0.25) is 0 Å². The van der Waals surface area contributed by atoms with E-state index in [1.165, 1.54) is 0 Å². The van der Waals surface area contributed by atoms with Gasteiger partial charge in [-0.2, -0.15) is 8.39 Å². The molecule has 3 nitrogen and oxygen atoms in total. The van der Waals surface area contributed by atoms with Crippen molar-refractivity contribution < 1.29 is 22.4 Å². The van der Waals surface area contributed by atoms with Crippen LogP contribution in [-0.2, 0) is 14.0 Å². The van der Waals surface area contributed by atoms with Crippen LogP contribution in [0.1, 0.15) is 6.42 Å². The van der Waals surface area contributed by atoms with Crippen LogP contribution in [0.25, 0.3) is 0 Å². The van der Waals surface area contributed by atoms with E-state index in [0.29, 0.717) is 13.0 Å². The molecule has 0 rings (SSSR count). The van der Waals surface area contributed by atoms with Crippen LogP contribution < -0.4 is 0 Å². The van der Waals surface area contributed by atoms with Crippen LogP contribution in [0, 0.1) is 12.3 Å². The average molecular weight is 252 g/mol. The third-order valence-corrected chi connectivity index (χ3v) is 1.95. The molecule has 1 atom stereocenters. The molecule has 0 N–H and O–H groups in total. The van der Waals surface area contributed by atoms with E-state index in [0.717, 1.165) is 0 Å². The summed E-state index contributed by atoms with van der Waals surface area (Å²) in [5.74, 6) is 2.24. The van der Waals surface area contributed by atoms with Gasteiger partial charge in [-0.3, -0.25) is 4.52 Å². The van der Waals surface area contributed by atoms with Crippen molar-refractivity contribution in [3.63, 3.8) is 0 Å². The molecule has 0 saturated carbocycles. The molecule has 0 amide bonds. The summed E-state index contributed by atoms with van der Waals surface area (Å²) in [5.41, 5.74) is 0. The van der Waals surface area contributed by atoms with Gasteiger partial charge in [-0.05, 0) is 6.42 Å². The highest BCUT2D eigenvalue weighted by atomic mass is 31.2. The predicted octanol–water partition coefficient (Wildman–Crippen LogP) is 2.78. The van der Waals surface area contributed by atoms with E-state index in [1.54, 1.807) is 6.08 Å². The fraction of sp³-hybridized carbons (Fsp3) is 0.600. The first-order chi connectivity index (χ1) is 7.70. The van der Waals surface area contributed by atoms with E-state index < -0.39 is 14.9 Å². The van der Waals surface area contributed by atoms with Gasteiger partial charge in [0, 0.05) is 0 Å². The van der Waals surface area contributed by atoms with E-state index >= 15 is 0 Å². The molecule has 0 aliphatic heterocycles. The largest absolute Gasteiger partial charge is 0.415 e. The lowest BCUT2D eigenvalue weighted by molar-refractivity contribution is 0.00195. The monoisotopic (exact) mass is 252 g/mol. The molecule has 92 valence electrons. The van der Waals surface area contributed by atoms with E-state index in [9.17, 15) is 8.39 Å². The summed E-state index contributed by atoms with van der Waals surface area (Å²) in [6.07, 6.45) is 6.52. The van der Waals surface area contributed by atoms with Crippen LogP contribution in [0.4, 0.5) is 8.39 Å². The van der Waals surface area contributed by atoms with Gasteiger partial charge < -0.3 is 9.47 Å². The zero-order valence-electron chi connectivity index (χ0n) is 8.90. The SMILES string of the molecule is C#CCOCC(COCCC=C)OP(F)F. The first-order valence-electron chi connectivity index (χ1n) is 4.69. The van der Waals surface area contributed by atoms with Crippen molar-refractivity contribution in [3.05, 3.63) is 12.7 Å². The maximum Gasteiger partial charge on any atom is 0.415 e. The third-order valence-electron chi connectivity index (χ3n) is 1.49. The molecule has 0 aliphatic carbocycles. The summed E-state index contributed by atoms with van der Waals surface area (Å²) in [6, 6.07) is 0. The lowest BCUT2D eigenvalue weighted by atomic mass is 10.4. The Bertz CT molecular complexity index is 219. The Morgan fingerprint density at radius 3 is 2.62 bits per heavy atom. The third kappa shape index (κ3) is 10.0. The topological polar surface area (TPSA) is 27.7 Å². The zero-order chi connectivity index (χ0) is 12.2. The Morgan fingerprint density at radius 2 is 2.06 bits per heavy atom. The molecule has 0 heterocycles. The van der Waals surface area contributed by atoms with E-state index in [4.69, 9.17) is 15.9 Å². The molecule has 0 saturated heterocycles. The number of hydrogen-bond acceptors (Lipinski definition) is 3. The first kappa shape index (κ1) is 15.5. The second kappa shape index (κ2) is 11.0. The van der Waals surface area contributed by atoms with Gasteiger partial charge in [0.05, 0.1) is 19.8 Å². The number of terminal acetylenes is 1. The van der Waals surface area contributed by atoms with Crippen LogP contribution in [0.3, 0.4) is 0 Å². The molecule has 0 spiro atoms. The van der Waals surface area contributed by atoms with Crippen molar-refractivity contribution >= 4 is 8.77 Å². The van der Waals surface area contributed by atoms with Gasteiger partial charge in [0.25, 0.3) is 0 Å². The standard InChI is InChI=1S/C10H15F2O3P/c1-3-5-7-14-9-10(15-16(11)12)8-13-6-4-2/h2-3,10H,1,5-9H2. The Kier molecular flexibility index (Phi) is 10.6. The molecule has 1 unspecified atom stereocenters. The lowest BCUT2D eigenvalue weighted by Crippen LogP contribution is -2.24. The molecule has 0 aromatic rings. The van der Waals surface area contributed by atoms with Crippen LogP contribution in [0.5, 0.6) is 0 Å². The minimum absolute atomic E-state index is 0.00492. The summed E-state index contributed by atoms with van der Waals surface area (Å²) in [6.45, 7) is 4.08. The van der Waals surface area contributed by atoms with E-state index in [2.05, 4.69) is 17.0 Å². The zero-order valence-corrected chi connectivity index (χ0v) is 9.80. The molecular weight excluding hydrogens is 237 g/mol. The summed E-state index contributed by atoms with van der Waals surface area (Å²) >= 11 is 0. The molecular formula is C10H15F2O3P. The fourth-order valence-electron chi connectivity index (χ4n) is 0.852. The Labute approximate surface area is 95.8 Å². The van der Waals surface area contributed by atoms with Crippen molar-refractivity contribution in [1.82, 2.24) is 0 Å². The molecule has 0 aliphatic rings. The molecule has 0 aromatic heterocycles. The van der Waals surface area contributed by atoms with Gasteiger partial charge in [-0.1, -0.05) is 12.0 Å². The molecule has 0 fully saturated rings. The number of hydrogen-bond donors (Lipinski definition) is 0. The second-order valence-electron chi connectivity index (χ2n) is 2.80. The van der Waals surface area contributed by atoms with Gasteiger partial charge in [0.15, 0.2) is 0 Å². The summed E-state index contributed by atoms with van der Waals surface area (Å²) in [4.78, 5) is 0. The Morgan fingerprint density at radius 1 is 1.38 bits per heavy atom. The predicted molar refractivity (Wildman–Crippen MR) is 59.3 cm³/mol. The molecule has 0 radical (unpaired) electrons. The van der Waals surface area contributed by atoms with Crippen molar-refractivity contribution in [2.24, 2.45) is 0 Å². The van der Waals surface area contributed by atoms with Gasteiger partial charge in [0.1, 0.15) is 12.7 Å². The van der Waals surface area contributed by atoms with Crippen LogP contribution >= 0.6 is 8.77 Å². The maximum absolute atomic E-state index is 12.0. The number of rotatable bonds is 10. The Balaban J connectivity index is 3.72. The van der Waals surface area contributed by atoms with Gasteiger partial charge in [-0.25, -0.2) is 0 Å². The quantitative estimate of drug-likeness (QED) is 0.259. The molecule has 0 bridgehead atoms. The highest BCUT2D eigenvalue weighted by molar-refractivity contribution is 7.40. The van der Waals surface area contributed by atoms with Gasteiger partial charge in [0.2, 0.25) is 0 Å². The first-order valence-corrected chi connectivity index (χ1v) is 5.73. The summed E-state index contributed by atoms with van der Waals surface area (Å²) < 4.78 is 38.5. The highest BCUT2D eigenvalue weighted by Gasteiger charge is 2.17. The van der Waals surface area contributed by atoms with E-state index in [-0.39, 0.29) is 19.8 Å². The molecule has 0 aromatic carbocycles. The number of ether oxygens (including phenoxy) is 2. The summed E-state index contributed by atoms with van der Waals surface area (Å²) in [7, 11) is -3.42. The van der Waals surface area contributed by atoms with Crippen LogP contribution in [-0.4, -0.2) is 32.5 Å². The second-order valence-corrected chi connectivity index (χ2v) is 3.42. The molecule has 16 heavy (non-hydrogen) atoms. The fourth-order valence-corrected chi connectivity index (χ4v) is 1.20. The van der Waals surface area contributed by atoms with Crippen LogP contribution in [0.15, 0.2) is 12.7 Å². The van der Waals surface area contributed by atoms with Crippen molar-refractivity contribution in [1.29, 1.82) is 0 Å². The van der Waals surface area contributed by atoms with Gasteiger partial charge >= 0.3 is 8.77 Å². The van der Waals surface area contributed by atoms with E-state index in [1.807, 2.05) is 0 Å². The minimum Gasteiger partial charge on any atom is -0.378 e. The van der Waals surface area contributed by atoms with Crippen molar-refractivity contribution in [2.75, 3.05) is 26.4 Å². The lowest BCUT2D eigenvalue weighted by Gasteiger charge is -2.15. The van der Waals surface area contributed by atoms with Crippen molar-refractivity contribution in [2.45, 2.75) is 12.5 Å². The summed E-state index contributed by atoms with van der Waals surface area (Å²) in [5, 5.41) is 0. The minimum atomic E-state index is -3.42. The maximum atomic E-state index is 12.0. The molecule has 6 heteroatoms.